The molecule has 4 heteroatoms. The first-order valence-corrected chi connectivity index (χ1v) is 10.5. The number of furan rings is 1. The number of rotatable bonds is 2. The second-order valence-corrected chi connectivity index (χ2v) is 10.8. The van der Waals surface area contributed by atoms with E-state index in [1.165, 1.54) is 17.0 Å². The van der Waals surface area contributed by atoms with Gasteiger partial charge in [-0.3, -0.25) is 4.98 Å². The zero-order valence-electron chi connectivity index (χ0n) is 13.8. The van der Waals surface area contributed by atoms with E-state index in [1.807, 2.05) is 30.5 Å². The summed E-state index contributed by atoms with van der Waals surface area (Å²) in [5.41, 5.74) is 3.11. The second kappa shape index (κ2) is 5.35. The first kappa shape index (κ1) is 15.2. The van der Waals surface area contributed by atoms with E-state index in [2.05, 4.69) is 29.8 Å². The maximum atomic E-state index is 13.5. The molecule has 4 aromatic rings. The van der Waals surface area contributed by atoms with Crippen molar-refractivity contribution in [2.45, 2.75) is 4.90 Å². The highest BCUT2D eigenvalue weighted by Gasteiger charge is 2.14. The monoisotopic (exact) mass is 339 g/mol. The van der Waals surface area contributed by atoms with Crippen LogP contribution in [0.5, 0.6) is 0 Å². The predicted molar refractivity (Wildman–Crippen MR) is 101 cm³/mol. The van der Waals surface area contributed by atoms with Gasteiger partial charge in [-0.1, -0.05) is 12.1 Å². The van der Waals surface area contributed by atoms with Crippen molar-refractivity contribution in [3.63, 3.8) is 0 Å². The molecule has 0 unspecified atom stereocenters. The summed E-state index contributed by atoms with van der Waals surface area (Å²) in [5, 5.41) is 1.90. The Hall–Kier alpha value is -2.33. The van der Waals surface area contributed by atoms with Crippen molar-refractivity contribution in [2.75, 3.05) is 18.8 Å². The van der Waals surface area contributed by atoms with E-state index in [4.69, 9.17) is 4.42 Å². The third-order valence-electron chi connectivity index (χ3n) is 4.18. The van der Waals surface area contributed by atoms with Crippen LogP contribution in [0.15, 0.2) is 64.0 Å². The molecule has 0 aliphatic rings. The quantitative estimate of drug-likeness (QED) is 0.458. The Balaban J connectivity index is 1.92. The van der Waals surface area contributed by atoms with Gasteiger partial charge in [0, 0.05) is 33.5 Å². The van der Waals surface area contributed by atoms with Gasteiger partial charge in [0.25, 0.3) is 0 Å². The van der Waals surface area contributed by atoms with Gasteiger partial charge < -0.3 is 4.42 Å². The number of nitrogens with zero attached hydrogens (tertiary/aromatic N) is 1. The van der Waals surface area contributed by atoms with Crippen molar-refractivity contribution in [3.8, 4) is 11.3 Å². The van der Waals surface area contributed by atoms with Crippen LogP contribution in [0.2, 0.25) is 0 Å². The average Bonchev–Trinajstić information content (AvgIpc) is 2.91. The molecule has 122 valence electrons. The average molecular weight is 339 g/mol. The molecule has 0 N–H and O–H groups in total. The molecule has 0 atom stereocenters. The molecule has 2 heterocycles. The van der Waals surface area contributed by atoms with Gasteiger partial charge in [0.05, 0.1) is 5.69 Å². The lowest BCUT2D eigenvalue weighted by Crippen LogP contribution is -1.94. The van der Waals surface area contributed by atoms with E-state index in [0.717, 1.165) is 27.6 Å². The van der Waals surface area contributed by atoms with Gasteiger partial charge in [-0.25, -0.2) is 14.4 Å². The molecule has 0 bridgehead atoms. The van der Waals surface area contributed by atoms with Crippen LogP contribution in [-0.2, 0) is 0 Å². The number of pyridine rings is 1. The Morgan fingerprint density at radius 3 is 2.50 bits per heavy atom. The Morgan fingerprint density at radius 2 is 1.79 bits per heavy atom. The van der Waals surface area contributed by atoms with Crippen LogP contribution in [0.3, 0.4) is 0 Å². The SMILES string of the molecule is CS(C)(C)c1ccc(-c2cccc3c2oc2cc(F)ccc23)nc1. The zero-order chi connectivity index (χ0) is 16.9. The number of para-hydroxylation sites is 1. The lowest BCUT2D eigenvalue weighted by Gasteiger charge is -2.25. The highest BCUT2D eigenvalue weighted by atomic mass is 32.3. The van der Waals surface area contributed by atoms with Gasteiger partial charge in [0.2, 0.25) is 0 Å². The topological polar surface area (TPSA) is 26.0 Å². The molecule has 0 saturated carbocycles. The molecule has 0 saturated heterocycles. The molecular weight excluding hydrogens is 321 g/mol. The van der Waals surface area contributed by atoms with Crippen molar-refractivity contribution in [3.05, 3.63) is 60.5 Å². The molecule has 0 radical (unpaired) electrons. The van der Waals surface area contributed by atoms with Crippen LogP contribution in [0.25, 0.3) is 33.2 Å². The Labute approximate surface area is 141 Å². The number of hydrogen-bond acceptors (Lipinski definition) is 2. The minimum absolute atomic E-state index is 0.293. The fourth-order valence-electron chi connectivity index (χ4n) is 2.88. The van der Waals surface area contributed by atoms with Crippen LogP contribution in [-0.4, -0.2) is 23.8 Å². The summed E-state index contributed by atoms with van der Waals surface area (Å²) in [7, 11) is -0.797. The molecule has 2 nitrogen and oxygen atoms in total. The van der Waals surface area contributed by atoms with Crippen LogP contribution in [0, 0.1) is 5.82 Å². The van der Waals surface area contributed by atoms with Gasteiger partial charge in [0.1, 0.15) is 17.0 Å². The van der Waals surface area contributed by atoms with Crippen LogP contribution in [0.1, 0.15) is 0 Å². The highest BCUT2D eigenvalue weighted by molar-refractivity contribution is 8.32. The number of benzene rings is 2. The summed E-state index contributed by atoms with van der Waals surface area (Å²) in [6, 6.07) is 14.8. The lowest BCUT2D eigenvalue weighted by atomic mass is 10.1. The van der Waals surface area contributed by atoms with Crippen LogP contribution < -0.4 is 0 Å². The van der Waals surface area contributed by atoms with Crippen molar-refractivity contribution in [1.29, 1.82) is 0 Å². The first-order chi connectivity index (χ1) is 11.4. The van der Waals surface area contributed by atoms with E-state index in [0.29, 0.717) is 5.58 Å². The second-order valence-electron chi connectivity index (χ2n) is 6.64. The van der Waals surface area contributed by atoms with Gasteiger partial charge in [-0.2, -0.15) is 0 Å². The minimum Gasteiger partial charge on any atom is -0.455 e. The van der Waals surface area contributed by atoms with Crippen LogP contribution in [0.4, 0.5) is 4.39 Å². The van der Waals surface area contributed by atoms with Crippen molar-refractivity contribution >= 4 is 32.0 Å². The normalized spacial score (nSPS) is 12.8. The molecule has 2 aromatic heterocycles. The minimum atomic E-state index is -0.797. The van der Waals surface area contributed by atoms with E-state index in [-0.39, 0.29) is 5.82 Å². The lowest BCUT2D eigenvalue weighted by molar-refractivity contribution is 0.618. The summed E-state index contributed by atoms with van der Waals surface area (Å²) in [6.07, 6.45) is 8.69. The van der Waals surface area contributed by atoms with Gasteiger partial charge in [0.15, 0.2) is 0 Å². The molecule has 0 fully saturated rings. The van der Waals surface area contributed by atoms with Crippen molar-refractivity contribution in [1.82, 2.24) is 4.98 Å². The molecule has 0 amide bonds. The zero-order valence-corrected chi connectivity index (χ0v) is 14.7. The number of fused-ring (bicyclic) bond motifs is 3. The summed E-state index contributed by atoms with van der Waals surface area (Å²) in [5.74, 6) is -0.293. The van der Waals surface area contributed by atoms with E-state index < -0.39 is 10.0 Å². The summed E-state index contributed by atoms with van der Waals surface area (Å²) in [4.78, 5) is 5.91. The maximum Gasteiger partial charge on any atom is 0.144 e. The van der Waals surface area contributed by atoms with Gasteiger partial charge in [-0.05, 0) is 49.1 Å². The highest BCUT2D eigenvalue weighted by Crippen LogP contribution is 2.45. The first-order valence-electron chi connectivity index (χ1n) is 7.69. The maximum absolute atomic E-state index is 13.5. The van der Waals surface area contributed by atoms with Crippen molar-refractivity contribution < 1.29 is 8.81 Å². The molecular formula is C20H18FNOS. The molecule has 0 aliphatic heterocycles. The number of halogens is 1. The standard InChI is InChI=1S/C20H18FNOS/c1-24(2,3)14-8-10-18(22-12-14)17-6-4-5-16-15-9-7-13(21)11-19(15)23-20(16)17/h4-12H,1-3H3. The predicted octanol–water partition coefficient (Wildman–Crippen LogP) is 5.84. The third-order valence-corrected chi connectivity index (χ3v) is 5.84. The smallest absolute Gasteiger partial charge is 0.144 e. The fourth-order valence-corrected chi connectivity index (χ4v) is 3.72. The van der Waals surface area contributed by atoms with Crippen LogP contribution >= 0.6 is 10.0 Å². The summed E-state index contributed by atoms with van der Waals surface area (Å²) in [6.45, 7) is 0. The molecule has 24 heavy (non-hydrogen) atoms. The van der Waals surface area contributed by atoms with E-state index >= 15 is 0 Å². The summed E-state index contributed by atoms with van der Waals surface area (Å²) >= 11 is 0. The van der Waals surface area contributed by atoms with E-state index in [1.54, 1.807) is 6.07 Å². The Morgan fingerprint density at radius 1 is 0.958 bits per heavy atom. The fraction of sp³-hybridized carbons (Fsp3) is 0.150. The molecule has 2 aromatic carbocycles. The summed E-state index contributed by atoms with van der Waals surface area (Å²) < 4.78 is 19.4. The Kier molecular flexibility index (Phi) is 3.39. The molecule has 0 aliphatic carbocycles. The third kappa shape index (κ3) is 2.47. The largest absolute Gasteiger partial charge is 0.455 e. The Bertz CT molecular complexity index is 1050. The molecule has 4 rings (SSSR count). The van der Waals surface area contributed by atoms with E-state index in [9.17, 15) is 4.39 Å². The van der Waals surface area contributed by atoms with Gasteiger partial charge in [-0.15, -0.1) is 0 Å². The van der Waals surface area contributed by atoms with Crippen molar-refractivity contribution in [2.24, 2.45) is 0 Å². The molecule has 0 spiro atoms. The van der Waals surface area contributed by atoms with Gasteiger partial charge >= 0.3 is 0 Å². The number of aromatic nitrogens is 1. The number of hydrogen-bond donors (Lipinski definition) is 0.